The molecule has 1 unspecified atom stereocenters. The van der Waals surface area contributed by atoms with E-state index in [-0.39, 0.29) is 11.3 Å². The maximum absolute atomic E-state index is 14.3. The molecule has 1 aromatic carbocycles. The highest BCUT2D eigenvalue weighted by Crippen LogP contribution is 2.33. The van der Waals surface area contributed by atoms with E-state index < -0.39 is 35.4 Å². The van der Waals surface area contributed by atoms with Crippen molar-refractivity contribution in [3.05, 3.63) is 89.5 Å². The van der Waals surface area contributed by atoms with Crippen molar-refractivity contribution < 1.29 is 26.7 Å². The van der Waals surface area contributed by atoms with Gasteiger partial charge in [-0.3, -0.25) is 9.97 Å². The number of amides is 2. The number of nitrogens with zero attached hydrogens (tertiary/aromatic N) is 2. The predicted molar refractivity (Wildman–Crippen MR) is 93.8 cm³/mol. The third kappa shape index (κ3) is 4.84. The molecular weight excluding hydrogens is 395 g/mol. The van der Waals surface area contributed by atoms with Crippen LogP contribution in [0, 0.1) is 11.6 Å². The highest BCUT2D eigenvalue weighted by Gasteiger charge is 2.34. The Hall–Kier alpha value is -3.56. The van der Waals surface area contributed by atoms with E-state index in [2.05, 4.69) is 20.6 Å². The van der Waals surface area contributed by atoms with Crippen LogP contribution in [0.15, 0.2) is 61.1 Å². The number of aromatic nitrogens is 2. The summed E-state index contributed by atoms with van der Waals surface area (Å²) < 4.78 is 66.8. The second kappa shape index (κ2) is 8.21. The summed E-state index contributed by atoms with van der Waals surface area (Å²) in [6, 6.07) is 5.39. The first kappa shape index (κ1) is 20.2. The third-order valence-electron chi connectivity index (χ3n) is 3.89. The van der Waals surface area contributed by atoms with Gasteiger partial charge in [-0.1, -0.05) is 6.07 Å². The average molecular weight is 408 g/mol. The van der Waals surface area contributed by atoms with Crippen molar-refractivity contribution in [1.29, 1.82) is 0 Å². The second-order valence-corrected chi connectivity index (χ2v) is 5.88. The fourth-order valence-corrected chi connectivity index (χ4v) is 2.60. The van der Waals surface area contributed by atoms with E-state index >= 15 is 0 Å². The first-order chi connectivity index (χ1) is 13.8. The van der Waals surface area contributed by atoms with Crippen molar-refractivity contribution >= 4 is 11.7 Å². The number of pyridine rings is 2. The van der Waals surface area contributed by atoms with Crippen molar-refractivity contribution in [2.75, 3.05) is 5.32 Å². The summed E-state index contributed by atoms with van der Waals surface area (Å²) >= 11 is 0. The maximum atomic E-state index is 14.3. The zero-order chi connectivity index (χ0) is 21.0. The van der Waals surface area contributed by atoms with Gasteiger partial charge in [-0.2, -0.15) is 13.2 Å². The van der Waals surface area contributed by atoms with Crippen LogP contribution in [0.25, 0.3) is 0 Å². The Morgan fingerprint density at radius 1 is 1.00 bits per heavy atom. The van der Waals surface area contributed by atoms with Gasteiger partial charge in [0.25, 0.3) is 0 Å². The zero-order valence-electron chi connectivity index (χ0n) is 14.5. The Labute approximate surface area is 161 Å². The Morgan fingerprint density at radius 2 is 1.76 bits per heavy atom. The van der Waals surface area contributed by atoms with Crippen LogP contribution < -0.4 is 10.6 Å². The highest BCUT2D eigenvalue weighted by molar-refractivity contribution is 5.89. The Balaban J connectivity index is 1.95. The van der Waals surface area contributed by atoms with E-state index in [4.69, 9.17) is 0 Å². The summed E-state index contributed by atoms with van der Waals surface area (Å²) in [5.41, 5.74) is -1.55. The van der Waals surface area contributed by atoms with Gasteiger partial charge in [0.05, 0.1) is 17.4 Å². The van der Waals surface area contributed by atoms with Gasteiger partial charge in [-0.15, -0.1) is 0 Å². The minimum atomic E-state index is -4.89. The number of anilines is 1. The molecule has 1 atom stereocenters. The minimum absolute atomic E-state index is 0.116. The number of rotatable bonds is 4. The number of carbonyl (C=O) groups is 1. The van der Waals surface area contributed by atoms with Gasteiger partial charge in [-0.25, -0.2) is 13.6 Å². The highest BCUT2D eigenvalue weighted by atomic mass is 19.4. The zero-order valence-corrected chi connectivity index (χ0v) is 14.5. The van der Waals surface area contributed by atoms with Crippen LogP contribution >= 0.6 is 0 Å². The van der Waals surface area contributed by atoms with E-state index in [0.717, 1.165) is 12.1 Å². The average Bonchev–Trinajstić information content (AvgIpc) is 2.66. The molecule has 5 nitrogen and oxygen atoms in total. The monoisotopic (exact) mass is 408 g/mol. The number of benzene rings is 1. The van der Waals surface area contributed by atoms with Crippen LogP contribution in [0.4, 0.5) is 32.4 Å². The summed E-state index contributed by atoms with van der Waals surface area (Å²) in [6.07, 6.45) is -0.806. The van der Waals surface area contributed by atoms with Gasteiger partial charge in [0.2, 0.25) is 0 Å². The Morgan fingerprint density at radius 3 is 2.38 bits per heavy atom. The lowest BCUT2D eigenvalue weighted by Gasteiger charge is -2.20. The molecule has 0 spiro atoms. The molecule has 0 saturated heterocycles. The molecule has 0 aliphatic carbocycles. The maximum Gasteiger partial charge on any atom is 0.419 e. The number of alkyl halides is 3. The van der Waals surface area contributed by atoms with E-state index in [1.807, 2.05) is 0 Å². The Kier molecular flexibility index (Phi) is 5.71. The largest absolute Gasteiger partial charge is 0.419 e. The van der Waals surface area contributed by atoms with Gasteiger partial charge < -0.3 is 10.6 Å². The number of urea groups is 1. The third-order valence-corrected chi connectivity index (χ3v) is 3.89. The van der Waals surface area contributed by atoms with E-state index in [1.165, 1.54) is 24.7 Å². The van der Waals surface area contributed by atoms with Crippen LogP contribution in [0.1, 0.15) is 22.9 Å². The molecule has 0 aliphatic heterocycles. The van der Waals surface area contributed by atoms with Crippen molar-refractivity contribution in [3.63, 3.8) is 0 Å². The van der Waals surface area contributed by atoms with Crippen molar-refractivity contribution in [2.45, 2.75) is 12.2 Å². The van der Waals surface area contributed by atoms with E-state index in [9.17, 15) is 26.7 Å². The minimum Gasteiger partial charge on any atom is -0.325 e. The molecule has 3 rings (SSSR count). The number of halogens is 5. The second-order valence-electron chi connectivity index (χ2n) is 5.88. The molecular formula is C19H13F5N4O. The summed E-state index contributed by atoms with van der Waals surface area (Å²) in [5, 5.41) is 4.84. The SMILES string of the molecule is O=C(Nc1cccnc1)NC(c1ccc(C(F)(F)F)c(F)c1)c1ncccc1F. The Bertz CT molecular complexity index is 1010. The van der Waals surface area contributed by atoms with Crippen molar-refractivity contribution in [3.8, 4) is 0 Å². The van der Waals surface area contributed by atoms with Gasteiger partial charge in [-0.05, 0) is 42.0 Å². The normalized spacial score (nSPS) is 12.3. The molecule has 3 aromatic rings. The van der Waals surface area contributed by atoms with Crippen LogP contribution in [-0.2, 0) is 6.18 Å². The molecule has 29 heavy (non-hydrogen) atoms. The lowest BCUT2D eigenvalue weighted by atomic mass is 10.0. The number of hydrogen-bond donors (Lipinski definition) is 2. The van der Waals surface area contributed by atoms with Gasteiger partial charge >= 0.3 is 12.2 Å². The van der Waals surface area contributed by atoms with Crippen molar-refractivity contribution in [2.24, 2.45) is 0 Å². The van der Waals surface area contributed by atoms with Crippen LogP contribution in [0.2, 0.25) is 0 Å². The first-order valence-electron chi connectivity index (χ1n) is 8.20. The van der Waals surface area contributed by atoms with Crippen LogP contribution in [0.5, 0.6) is 0 Å². The fraction of sp³-hybridized carbons (Fsp3) is 0.105. The summed E-state index contributed by atoms with van der Waals surface area (Å²) in [5.74, 6) is -2.37. The lowest BCUT2D eigenvalue weighted by Crippen LogP contribution is -2.34. The van der Waals surface area contributed by atoms with E-state index in [1.54, 1.807) is 12.1 Å². The summed E-state index contributed by atoms with van der Waals surface area (Å²) in [4.78, 5) is 20.0. The number of nitrogens with one attached hydrogen (secondary N) is 2. The smallest absolute Gasteiger partial charge is 0.325 e. The van der Waals surface area contributed by atoms with Gasteiger partial charge in [0, 0.05) is 12.4 Å². The molecule has 0 aliphatic rings. The molecule has 2 N–H and O–H groups in total. The molecule has 2 heterocycles. The fourth-order valence-electron chi connectivity index (χ4n) is 2.60. The lowest BCUT2D eigenvalue weighted by molar-refractivity contribution is -0.140. The van der Waals surface area contributed by atoms with Gasteiger partial charge in [0.15, 0.2) is 0 Å². The van der Waals surface area contributed by atoms with Crippen molar-refractivity contribution in [1.82, 2.24) is 15.3 Å². The van der Waals surface area contributed by atoms with E-state index in [0.29, 0.717) is 17.8 Å². The standard InChI is InChI=1S/C19H13F5N4O/c20-14-4-2-8-26-17(14)16(28-18(29)27-12-3-1-7-25-10-12)11-5-6-13(15(21)9-11)19(22,23)24/h1-10,16H,(H2,27,28,29). The summed E-state index contributed by atoms with van der Waals surface area (Å²) in [6.45, 7) is 0. The topological polar surface area (TPSA) is 66.9 Å². The molecule has 0 fully saturated rings. The first-order valence-corrected chi connectivity index (χ1v) is 8.20. The molecule has 2 amide bonds. The van der Waals surface area contributed by atoms with Gasteiger partial charge in [0.1, 0.15) is 23.4 Å². The number of carbonyl (C=O) groups excluding carboxylic acids is 1. The summed E-state index contributed by atoms with van der Waals surface area (Å²) in [7, 11) is 0. The molecule has 0 bridgehead atoms. The molecule has 150 valence electrons. The quantitative estimate of drug-likeness (QED) is 0.616. The predicted octanol–water partition coefficient (Wildman–Crippen LogP) is 4.68. The molecule has 2 aromatic heterocycles. The molecule has 0 radical (unpaired) electrons. The van der Waals surface area contributed by atoms with Crippen LogP contribution in [0.3, 0.4) is 0 Å². The van der Waals surface area contributed by atoms with Crippen LogP contribution in [-0.4, -0.2) is 16.0 Å². The molecule has 0 saturated carbocycles. The number of hydrogen-bond acceptors (Lipinski definition) is 3. The molecule has 10 heteroatoms.